The minimum absolute atomic E-state index is 0.134. The lowest BCUT2D eigenvalue weighted by atomic mass is 9.95. The summed E-state index contributed by atoms with van der Waals surface area (Å²) in [4.78, 5) is 25.7. The van der Waals surface area contributed by atoms with Crippen molar-refractivity contribution in [3.8, 4) is 11.3 Å². The van der Waals surface area contributed by atoms with E-state index in [1.54, 1.807) is 36.7 Å². The fourth-order valence-corrected chi connectivity index (χ4v) is 3.69. The number of nitrogens with zero attached hydrogens (tertiary/aromatic N) is 3. The second kappa shape index (κ2) is 9.01. The number of pyridine rings is 1. The van der Waals surface area contributed by atoms with Crippen molar-refractivity contribution < 1.29 is 4.79 Å². The van der Waals surface area contributed by atoms with Crippen LogP contribution in [0.5, 0.6) is 0 Å². The zero-order valence-electron chi connectivity index (χ0n) is 15.9. The molecule has 1 saturated carbocycles. The van der Waals surface area contributed by atoms with E-state index in [2.05, 4.69) is 25.6 Å². The van der Waals surface area contributed by atoms with Gasteiger partial charge in [0.1, 0.15) is 5.69 Å². The highest BCUT2D eigenvalue weighted by Crippen LogP contribution is 2.22. The first-order chi connectivity index (χ1) is 14.2. The van der Waals surface area contributed by atoms with Crippen molar-refractivity contribution in [1.29, 1.82) is 0 Å². The summed E-state index contributed by atoms with van der Waals surface area (Å²) in [6.07, 6.45) is 8.98. The van der Waals surface area contributed by atoms with Gasteiger partial charge in [-0.15, -0.1) is 0 Å². The smallest absolute Gasteiger partial charge is 0.270 e. The van der Waals surface area contributed by atoms with Gasteiger partial charge in [0, 0.05) is 34.7 Å². The van der Waals surface area contributed by atoms with Gasteiger partial charge in [-0.3, -0.25) is 9.78 Å². The van der Waals surface area contributed by atoms with Crippen LogP contribution in [0.4, 0.5) is 11.6 Å². The summed E-state index contributed by atoms with van der Waals surface area (Å²) in [5, 5.41) is 6.88. The lowest BCUT2D eigenvalue weighted by Crippen LogP contribution is -2.36. The largest absolute Gasteiger partial charge is 0.348 e. The van der Waals surface area contributed by atoms with Crippen LogP contribution in [0.2, 0.25) is 5.02 Å². The van der Waals surface area contributed by atoms with E-state index in [1.165, 1.54) is 19.3 Å². The van der Waals surface area contributed by atoms with E-state index in [4.69, 9.17) is 11.6 Å². The molecule has 0 spiro atoms. The predicted octanol–water partition coefficient (Wildman–Crippen LogP) is 5.00. The third-order valence-corrected chi connectivity index (χ3v) is 5.20. The van der Waals surface area contributed by atoms with E-state index in [0.717, 1.165) is 24.1 Å². The molecule has 3 aromatic rings. The number of benzene rings is 1. The van der Waals surface area contributed by atoms with Crippen LogP contribution in [0.1, 0.15) is 42.6 Å². The van der Waals surface area contributed by atoms with Crippen molar-refractivity contribution in [2.75, 3.05) is 5.32 Å². The highest BCUT2D eigenvalue weighted by atomic mass is 35.5. The van der Waals surface area contributed by atoms with Crippen LogP contribution in [-0.4, -0.2) is 26.9 Å². The Morgan fingerprint density at radius 3 is 2.66 bits per heavy atom. The Hall–Kier alpha value is -2.99. The van der Waals surface area contributed by atoms with Gasteiger partial charge in [-0.25, -0.2) is 9.97 Å². The Morgan fingerprint density at radius 2 is 1.83 bits per heavy atom. The van der Waals surface area contributed by atoms with E-state index in [0.29, 0.717) is 22.4 Å². The first-order valence-electron chi connectivity index (χ1n) is 9.80. The van der Waals surface area contributed by atoms with Gasteiger partial charge in [0.15, 0.2) is 0 Å². The molecule has 29 heavy (non-hydrogen) atoms. The molecule has 2 heterocycles. The van der Waals surface area contributed by atoms with E-state index < -0.39 is 0 Å². The Kier molecular flexibility index (Phi) is 6.00. The summed E-state index contributed by atoms with van der Waals surface area (Å²) in [6.45, 7) is 0. The molecular formula is C22H22ClN5O. The number of hydrogen-bond acceptors (Lipinski definition) is 5. The summed E-state index contributed by atoms with van der Waals surface area (Å²) >= 11 is 6.03. The van der Waals surface area contributed by atoms with Crippen LogP contribution in [0, 0.1) is 0 Å². The summed E-state index contributed by atoms with van der Waals surface area (Å²) in [7, 11) is 0. The van der Waals surface area contributed by atoms with E-state index in [9.17, 15) is 4.79 Å². The lowest BCUT2D eigenvalue weighted by Gasteiger charge is -2.22. The molecule has 1 fully saturated rings. The molecule has 148 valence electrons. The standard InChI is InChI=1S/C22H22ClN5O/c23-16-5-4-8-18(14-16)27-22-25-12-10-19(28-22)15-9-11-24-20(13-15)21(29)26-17-6-2-1-3-7-17/h4-5,8-14,17H,1-3,6-7H2,(H,26,29)(H,25,27,28). The Bertz CT molecular complexity index is 1000. The fraction of sp³-hybridized carbons (Fsp3) is 0.273. The van der Waals surface area contributed by atoms with Crippen LogP contribution in [0.3, 0.4) is 0 Å². The molecule has 1 amide bonds. The van der Waals surface area contributed by atoms with Crippen LogP contribution in [0.15, 0.2) is 54.9 Å². The maximum atomic E-state index is 12.6. The molecule has 0 aliphatic heterocycles. The molecule has 6 nitrogen and oxygen atoms in total. The molecule has 0 bridgehead atoms. The molecule has 0 saturated heterocycles. The van der Waals surface area contributed by atoms with Gasteiger partial charge in [-0.2, -0.15) is 0 Å². The molecule has 0 atom stereocenters. The first kappa shape index (κ1) is 19.3. The van der Waals surface area contributed by atoms with Crippen molar-refractivity contribution in [3.63, 3.8) is 0 Å². The average Bonchev–Trinajstić information content (AvgIpc) is 2.75. The second-order valence-corrected chi connectivity index (χ2v) is 7.58. The molecule has 0 unspecified atom stereocenters. The summed E-state index contributed by atoms with van der Waals surface area (Å²) in [6, 6.07) is 13.0. The summed E-state index contributed by atoms with van der Waals surface area (Å²) in [5.41, 5.74) is 2.72. The average molecular weight is 408 g/mol. The van der Waals surface area contributed by atoms with Gasteiger partial charge >= 0.3 is 0 Å². The van der Waals surface area contributed by atoms with Gasteiger partial charge in [0.2, 0.25) is 5.95 Å². The summed E-state index contributed by atoms with van der Waals surface area (Å²) < 4.78 is 0. The van der Waals surface area contributed by atoms with Gasteiger partial charge in [0.05, 0.1) is 5.69 Å². The zero-order valence-corrected chi connectivity index (χ0v) is 16.7. The minimum Gasteiger partial charge on any atom is -0.348 e. The SMILES string of the molecule is O=C(NC1CCCCC1)c1cc(-c2ccnc(Nc3cccc(Cl)c3)n2)ccn1. The van der Waals surface area contributed by atoms with Crippen molar-refractivity contribution in [1.82, 2.24) is 20.3 Å². The Labute approximate surface area is 174 Å². The highest BCUT2D eigenvalue weighted by molar-refractivity contribution is 6.30. The normalized spacial score (nSPS) is 14.4. The van der Waals surface area contributed by atoms with Gasteiger partial charge in [-0.05, 0) is 49.2 Å². The number of aromatic nitrogens is 3. The predicted molar refractivity (Wildman–Crippen MR) is 114 cm³/mol. The van der Waals surface area contributed by atoms with E-state index in [-0.39, 0.29) is 11.9 Å². The molecule has 2 aromatic heterocycles. The molecule has 4 rings (SSSR count). The maximum Gasteiger partial charge on any atom is 0.270 e. The Balaban J connectivity index is 1.51. The van der Waals surface area contributed by atoms with Gasteiger partial charge in [0.25, 0.3) is 5.91 Å². The summed E-state index contributed by atoms with van der Waals surface area (Å²) in [5.74, 6) is 0.319. The third-order valence-electron chi connectivity index (χ3n) is 4.97. The van der Waals surface area contributed by atoms with Crippen molar-refractivity contribution in [2.24, 2.45) is 0 Å². The number of anilines is 2. The van der Waals surface area contributed by atoms with Crippen LogP contribution in [-0.2, 0) is 0 Å². The van der Waals surface area contributed by atoms with Gasteiger partial charge < -0.3 is 10.6 Å². The monoisotopic (exact) mass is 407 g/mol. The number of amides is 1. The van der Waals surface area contributed by atoms with Crippen molar-refractivity contribution in [2.45, 2.75) is 38.1 Å². The van der Waals surface area contributed by atoms with Crippen LogP contribution >= 0.6 is 11.6 Å². The topological polar surface area (TPSA) is 79.8 Å². The quantitative estimate of drug-likeness (QED) is 0.622. The molecule has 0 radical (unpaired) electrons. The molecule has 1 aliphatic rings. The number of rotatable bonds is 5. The van der Waals surface area contributed by atoms with Crippen molar-refractivity contribution >= 4 is 29.1 Å². The van der Waals surface area contributed by atoms with E-state index >= 15 is 0 Å². The highest BCUT2D eigenvalue weighted by Gasteiger charge is 2.18. The number of halogens is 1. The first-order valence-corrected chi connectivity index (χ1v) is 10.2. The fourth-order valence-electron chi connectivity index (χ4n) is 3.50. The molecule has 7 heteroatoms. The number of hydrogen-bond donors (Lipinski definition) is 2. The second-order valence-electron chi connectivity index (χ2n) is 7.14. The van der Waals surface area contributed by atoms with Crippen molar-refractivity contribution in [3.05, 3.63) is 65.6 Å². The lowest BCUT2D eigenvalue weighted by molar-refractivity contribution is 0.0922. The molecule has 1 aromatic carbocycles. The molecule has 1 aliphatic carbocycles. The van der Waals surface area contributed by atoms with Crippen LogP contribution in [0.25, 0.3) is 11.3 Å². The number of carbonyl (C=O) groups is 1. The molecular weight excluding hydrogens is 386 g/mol. The van der Waals surface area contributed by atoms with E-state index in [1.807, 2.05) is 18.2 Å². The van der Waals surface area contributed by atoms with Gasteiger partial charge in [-0.1, -0.05) is 36.9 Å². The molecule has 2 N–H and O–H groups in total. The Morgan fingerprint density at radius 1 is 1.00 bits per heavy atom. The zero-order chi connectivity index (χ0) is 20.1. The van der Waals surface area contributed by atoms with Crippen LogP contribution < -0.4 is 10.6 Å². The maximum absolute atomic E-state index is 12.6. The minimum atomic E-state index is -0.134. The third kappa shape index (κ3) is 5.09. The number of nitrogens with one attached hydrogen (secondary N) is 2. The number of carbonyl (C=O) groups excluding carboxylic acids is 1.